The zero-order valence-corrected chi connectivity index (χ0v) is 9.79. The zero-order chi connectivity index (χ0) is 12.7. The lowest BCUT2D eigenvalue weighted by Gasteiger charge is -2.11. The quantitative estimate of drug-likeness (QED) is 0.816. The maximum absolute atomic E-state index is 13.8. The second-order valence-corrected chi connectivity index (χ2v) is 4.62. The van der Waals surface area contributed by atoms with Crippen LogP contribution in [-0.2, 0) is 6.42 Å². The van der Waals surface area contributed by atoms with Crippen molar-refractivity contribution in [2.24, 2.45) is 5.73 Å². The van der Waals surface area contributed by atoms with Gasteiger partial charge in [0.1, 0.15) is 0 Å². The molecule has 0 saturated carbocycles. The smallest absolute Gasteiger partial charge is 0.166 e. The average molecular weight is 245 g/mol. The lowest BCUT2D eigenvalue weighted by Crippen LogP contribution is -2.05. The highest BCUT2D eigenvalue weighted by atomic mass is 19.2. The molecule has 0 saturated heterocycles. The topological polar surface area (TPSA) is 26.0 Å². The molecule has 3 rings (SSSR count). The molecule has 3 heteroatoms. The predicted octanol–water partition coefficient (Wildman–Crippen LogP) is 3.58. The van der Waals surface area contributed by atoms with E-state index in [9.17, 15) is 8.78 Å². The highest BCUT2D eigenvalue weighted by molar-refractivity contribution is 5.70. The first-order valence-electron chi connectivity index (χ1n) is 6.00. The Bertz CT molecular complexity index is 607. The summed E-state index contributed by atoms with van der Waals surface area (Å²) in [7, 11) is 0. The molecule has 18 heavy (non-hydrogen) atoms. The van der Waals surface area contributed by atoms with Crippen LogP contribution in [0.1, 0.15) is 23.6 Å². The van der Waals surface area contributed by atoms with Crippen molar-refractivity contribution in [3.05, 3.63) is 59.2 Å². The summed E-state index contributed by atoms with van der Waals surface area (Å²) in [5.74, 6) is -1.60. The van der Waals surface area contributed by atoms with Gasteiger partial charge in [-0.15, -0.1) is 0 Å². The molecule has 1 atom stereocenters. The molecule has 0 aromatic heterocycles. The minimum absolute atomic E-state index is 0.0107. The minimum Gasteiger partial charge on any atom is -0.324 e. The fourth-order valence-electron chi connectivity index (χ4n) is 2.65. The summed E-state index contributed by atoms with van der Waals surface area (Å²) < 4.78 is 27.1. The molecule has 2 N–H and O–H groups in total. The summed E-state index contributed by atoms with van der Waals surface area (Å²) in [6.45, 7) is 0. The summed E-state index contributed by atoms with van der Waals surface area (Å²) >= 11 is 0. The van der Waals surface area contributed by atoms with Crippen molar-refractivity contribution in [2.75, 3.05) is 0 Å². The van der Waals surface area contributed by atoms with Crippen molar-refractivity contribution < 1.29 is 8.78 Å². The molecule has 1 aliphatic carbocycles. The second kappa shape index (κ2) is 4.18. The lowest BCUT2D eigenvalue weighted by molar-refractivity contribution is 0.511. The van der Waals surface area contributed by atoms with Gasteiger partial charge < -0.3 is 5.73 Å². The van der Waals surface area contributed by atoms with E-state index in [-0.39, 0.29) is 6.04 Å². The van der Waals surface area contributed by atoms with Crippen LogP contribution in [0.2, 0.25) is 0 Å². The van der Waals surface area contributed by atoms with Crippen LogP contribution in [0.4, 0.5) is 8.78 Å². The molecule has 2 aromatic carbocycles. The Labute approximate surface area is 104 Å². The van der Waals surface area contributed by atoms with Crippen molar-refractivity contribution in [1.82, 2.24) is 0 Å². The Hall–Kier alpha value is -1.74. The number of nitrogens with two attached hydrogens (primary N) is 1. The third kappa shape index (κ3) is 1.63. The zero-order valence-electron chi connectivity index (χ0n) is 9.79. The second-order valence-electron chi connectivity index (χ2n) is 4.62. The third-order valence-corrected chi connectivity index (χ3v) is 3.56. The molecule has 1 unspecified atom stereocenters. The highest BCUT2D eigenvalue weighted by Gasteiger charge is 2.23. The molecule has 0 spiro atoms. The first-order valence-corrected chi connectivity index (χ1v) is 6.00. The van der Waals surface area contributed by atoms with Crippen LogP contribution in [-0.4, -0.2) is 0 Å². The van der Waals surface area contributed by atoms with Crippen LogP contribution in [0.5, 0.6) is 0 Å². The van der Waals surface area contributed by atoms with E-state index in [1.165, 1.54) is 6.07 Å². The number of rotatable bonds is 1. The molecule has 0 bridgehead atoms. The number of hydrogen-bond donors (Lipinski definition) is 1. The van der Waals surface area contributed by atoms with Gasteiger partial charge in [0.15, 0.2) is 11.6 Å². The van der Waals surface area contributed by atoms with Crippen molar-refractivity contribution in [3.8, 4) is 11.1 Å². The van der Waals surface area contributed by atoms with E-state index >= 15 is 0 Å². The van der Waals surface area contributed by atoms with E-state index in [1.807, 2.05) is 18.2 Å². The highest BCUT2D eigenvalue weighted by Crippen LogP contribution is 2.37. The summed E-state index contributed by atoms with van der Waals surface area (Å²) in [4.78, 5) is 0. The van der Waals surface area contributed by atoms with Gasteiger partial charge in [0.05, 0.1) is 0 Å². The Balaban J connectivity index is 2.22. The maximum Gasteiger partial charge on any atom is 0.166 e. The molecule has 92 valence electrons. The van der Waals surface area contributed by atoms with Gasteiger partial charge in [0.25, 0.3) is 0 Å². The molecular weight excluding hydrogens is 232 g/mol. The normalized spacial score (nSPS) is 17.8. The summed E-state index contributed by atoms with van der Waals surface area (Å²) in [5.41, 5.74) is 9.18. The Morgan fingerprint density at radius 3 is 2.56 bits per heavy atom. The number of fused-ring (bicyclic) bond motifs is 1. The van der Waals surface area contributed by atoms with Crippen LogP contribution in [0.25, 0.3) is 11.1 Å². The van der Waals surface area contributed by atoms with Crippen molar-refractivity contribution >= 4 is 0 Å². The minimum atomic E-state index is -0.813. The van der Waals surface area contributed by atoms with E-state index < -0.39 is 11.6 Å². The first-order chi connectivity index (χ1) is 8.68. The van der Waals surface area contributed by atoms with E-state index in [1.54, 1.807) is 6.07 Å². The largest absolute Gasteiger partial charge is 0.324 e. The lowest BCUT2D eigenvalue weighted by atomic mass is 9.96. The monoisotopic (exact) mass is 245 g/mol. The van der Waals surface area contributed by atoms with Gasteiger partial charge >= 0.3 is 0 Å². The van der Waals surface area contributed by atoms with Gasteiger partial charge in [0, 0.05) is 11.6 Å². The fourth-order valence-corrected chi connectivity index (χ4v) is 2.65. The fraction of sp³-hybridized carbons (Fsp3) is 0.200. The van der Waals surface area contributed by atoms with Crippen LogP contribution < -0.4 is 5.73 Å². The third-order valence-electron chi connectivity index (χ3n) is 3.56. The van der Waals surface area contributed by atoms with Crippen LogP contribution in [0.3, 0.4) is 0 Å². The number of hydrogen-bond acceptors (Lipinski definition) is 1. The molecular formula is C15H13F2N. The van der Waals surface area contributed by atoms with Gasteiger partial charge in [-0.25, -0.2) is 8.78 Å². The number of halogens is 2. The molecule has 0 amide bonds. The van der Waals surface area contributed by atoms with Crippen LogP contribution in [0, 0.1) is 11.6 Å². The Morgan fingerprint density at radius 2 is 1.72 bits per heavy atom. The van der Waals surface area contributed by atoms with Crippen LogP contribution >= 0.6 is 0 Å². The van der Waals surface area contributed by atoms with Crippen molar-refractivity contribution in [1.29, 1.82) is 0 Å². The van der Waals surface area contributed by atoms with E-state index in [0.717, 1.165) is 35.6 Å². The molecule has 0 fully saturated rings. The molecule has 0 heterocycles. The first kappa shape index (κ1) is 11.4. The van der Waals surface area contributed by atoms with E-state index in [0.29, 0.717) is 5.56 Å². The van der Waals surface area contributed by atoms with E-state index in [4.69, 9.17) is 5.73 Å². The average Bonchev–Trinajstić information content (AvgIpc) is 2.75. The molecule has 0 aliphatic heterocycles. The Morgan fingerprint density at radius 1 is 1.00 bits per heavy atom. The molecule has 1 nitrogen and oxygen atoms in total. The summed E-state index contributed by atoms with van der Waals surface area (Å²) in [6.07, 6.45) is 1.69. The van der Waals surface area contributed by atoms with Gasteiger partial charge in [-0.1, -0.05) is 30.3 Å². The summed E-state index contributed by atoms with van der Waals surface area (Å²) in [6, 6.07) is 9.93. The van der Waals surface area contributed by atoms with Gasteiger partial charge in [0.2, 0.25) is 0 Å². The molecule has 2 aromatic rings. The Kier molecular flexibility index (Phi) is 2.63. The van der Waals surface area contributed by atoms with Gasteiger partial charge in [-0.3, -0.25) is 0 Å². The van der Waals surface area contributed by atoms with Crippen LogP contribution in [0.15, 0.2) is 36.4 Å². The van der Waals surface area contributed by atoms with Crippen molar-refractivity contribution in [3.63, 3.8) is 0 Å². The van der Waals surface area contributed by atoms with Crippen molar-refractivity contribution in [2.45, 2.75) is 18.9 Å². The SMILES string of the molecule is NC1CCc2c(-c3cccc(F)c3F)cccc21. The molecule has 1 aliphatic rings. The number of benzene rings is 2. The van der Waals surface area contributed by atoms with Gasteiger partial charge in [-0.05, 0) is 35.6 Å². The molecule has 0 radical (unpaired) electrons. The summed E-state index contributed by atoms with van der Waals surface area (Å²) in [5, 5.41) is 0. The standard InChI is InChI=1S/C15H13F2N/c16-13-6-2-5-12(15(13)17)9-3-1-4-11-10(9)7-8-14(11)18/h1-6,14H,7-8,18H2. The maximum atomic E-state index is 13.8. The van der Waals surface area contributed by atoms with E-state index in [2.05, 4.69) is 0 Å². The van der Waals surface area contributed by atoms with Gasteiger partial charge in [-0.2, -0.15) is 0 Å². The predicted molar refractivity (Wildman–Crippen MR) is 67.0 cm³/mol.